The van der Waals surface area contributed by atoms with Gasteiger partial charge in [0.25, 0.3) is 22.9 Å². The lowest BCUT2D eigenvalue weighted by Gasteiger charge is -2.26. The first-order valence-corrected chi connectivity index (χ1v) is 24.8. The van der Waals surface area contributed by atoms with Crippen LogP contribution < -0.4 is 47.0 Å². The highest BCUT2D eigenvalue weighted by Gasteiger charge is 2.35. The third-order valence-corrected chi connectivity index (χ3v) is 13.3. The van der Waals surface area contributed by atoms with Gasteiger partial charge in [0.05, 0.1) is 31.7 Å². The SMILES string of the molecule is CC(=O)c1cccc(Oc2cc(=O)n(C)c(Nc3ccc(I)cc3F)c2C(N)=O)c1C.COc1ccc(CNC(=O)c2c(Oc3cccc(C4(C)OCCO4)c3C)cc(=O)n(C)c2Nc2ccc(I)cc2F)cc1. The van der Waals surface area contributed by atoms with Crippen LogP contribution in [0, 0.1) is 32.6 Å². The van der Waals surface area contributed by atoms with Gasteiger partial charge >= 0.3 is 0 Å². The van der Waals surface area contributed by atoms with Crippen molar-refractivity contribution in [3.63, 3.8) is 0 Å². The molecule has 0 unspecified atom stereocenters. The number of rotatable bonds is 15. The van der Waals surface area contributed by atoms with Crippen molar-refractivity contribution in [1.82, 2.24) is 14.5 Å². The summed E-state index contributed by atoms with van der Waals surface area (Å²) < 4.78 is 62.2. The van der Waals surface area contributed by atoms with E-state index in [1.165, 1.54) is 49.9 Å². The summed E-state index contributed by atoms with van der Waals surface area (Å²) >= 11 is 3.98. The number of ketones is 1. The third kappa shape index (κ3) is 12.3. The maximum atomic E-state index is 14.9. The van der Waals surface area contributed by atoms with Crippen molar-refractivity contribution in [2.24, 2.45) is 19.8 Å². The van der Waals surface area contributed by atoms with Crippen molar-refractivity contribution < 1.29 is 46.8 Å². The van der Waals surface area contributed by atoms with Gasteiger partial charge in [-0.05, 0) is 139 Å². The molecule has 384 valence electrons. The molecule has 2 aromatic heterocycles. The first kappa shape index (κ1) is 54.6. The smallest absolute Gasteiger partial charge is 0.259 e. The van der Waals surface area contributed by atoms with E-state index in [0.717, 1.165) is 27.3 Å². The van der Waals surface area contributed by atoms with Crippen molar-refractivity contribution in [3.05, 3.63) is 188 Å². The van der Waals surface area contributed by atoms with Crippen LogP contribution in [0.3, 0.4) is 0 Å². The summed E-state index contributed by atoms with van der Waals surface area (Å²) in [5, 5.41) is 8.64. The van der Waals surface area contributed by atoms with Gasteiger partial charge < -0.3 is 45.4 Å². The Balaban J connectivity index is 0.000000228. The Hall–Kier alpha value is -7.15. The van der Waals surface area contributed by atoms with Crippen LogP contribution >= 0.6 is 45.2 Å². The van der Waals surface area contributed by atoms with Crippen molar-refractivity contribution in [1.29, 1.82) is 0 Å². The largest absolute Gasteiger partial charge is 0.497 e. The molecule has 0 aliphatic carbocycles. The molecular formula is C54H50F2I2N6O10. The van der Waals surface area contributed by atoms with E-state index in [2.05, 4.69) is 16.0 Å². The Bertz CT molecular complexity index is 3430. The summed E-state index contributed by atoms with van der Waals surface area (Å²) in [6, 6.07) is 29.0. The van der Waals surface area contributed by atoms with Crippen LogP contribution in [0.1, 0.15) is 67.2 Å². The molecule has 3 heterocycles. The van der Waals surface area contributed by atoms with E-state index < -0.39 is 40.4 Å². The van der Waals surface area contributed by atoms with E-state index in [1.807, 2.05) is 77.2 Å². The minimum Gasteiger partial charge on any atom is -0.497 e. The Morgan fingerprint density at radius 3 is 1.70 bits per heavy atom. The molecule has 0 atom stereocenters. The number of benzene rings is 5. The van der Waals surface area contributed by atoms with E-state index in [-0.39, 0.29) is 63.7 Å². The molecule has 1 aliphatic rings. The van der Waals surface area contributed by atoms with E-state index in [4.69, 9.17) is 29.4 Å². The first-order valence-electron chi connectivity index (χ1n) is 22.7. The van der Waals surface area contributed by atoms with E-state index >= 15 is 0 Å². The molecule has 0 spiro atoms. The van der Waals surface area contributed by atoms with Gasteiger partial charge in [-0.3, -0.25) is 33.1 Å². The summed E-state index contributed by atoms with van der Waals surface area (Å²) in [6.45, 7) is 7.90. The second-order valence-corrected chi connectivity index (χ2v) is 19.4. The molecule has 8 rings (SSSR count). The number of aromatic nitrogens is 2. The van der Waals surface area contributed by atoms with Crippen molar-refractivity contribution in [2.75, 3.05) is 31.0 Å². The number of pyridine rings is 2. The number of carbonyl (C=O) groups excluding carboxylic acids is 3. The summed E-state index contributed by atoms with van der Waals surface area (Å²) in [6.07, 6.45) is 0. The fraction of sp³-hybridized carbons (Fsp3) is 0.204. The summed E-state index contributed by atoms with van der Waals surface area (Å²) in [7, 11) is 4.50. The second-order valence-electron chi connectivity index (χ2n) is 16.9. The van der Waals surface area contributed by atoms with Gasteiger partial charge in [-0.1, -0.05) is 36.4 Å². The zero-order valence-corrected chi connectivity index (χ0v) is 45.4. The molecule has 2 amide bonds. The second kappa shape index (κ2) is 23.4. The number of Topliss-reactive ketones (excluding diaryl/α,β-unsaturated/α-hetero) is 1. The van der Waals surface area contributed by atoms with E-state index in [9.17, 15) is 32.8 Å². The number of halogens is 4. The number of nitrogens with zero attached hydrogens (tertiary/aromatic N) is 2. The van der Waals surface area contributed by atoms with Gasteiger partial charge in [0, 0.05) is 62.2 Å². The molecule has 20 heteroatoms. The van der Waals surface area contributed by atoms with Gasteiger partial charge in [0.1, 0.15) is 63.1 Å². The quantitative estimate of drug-likeness (QED) is 0.0560. The molecule has 1 aliphatic heterocycles. The highest BCUT2D eigenvalue weighted by Crippen LogP contribution is 2.40. The topological polar surface area (TPSA) is 203 Å². The zero-order chi connectivity index (χ0) is 53.6. The lowest BCUT2D eigenvalue weighted by molar-refractivity contribution is -0.150. The molecule has 0 saturated carbocycles. The lowest BCUT2D eigenvalue weighted by Crippen LogP contribution is -2.29. The highest BCUT2D eigenvalue weighted by molar-refractivity contribution is 14.1. The van der Waals surface area contributed by atoms with E-state index in [1.54, 1.807) is 74.7 Å². The van der Waals surface area contributed by atoms with Gasteiger partial charge in [0.15, 0.2) is 11.6 Å². The zero-order valence-electron chi connectivity index (χ0n) is 41.1. The molecule has 16 nitrogen and oxygen atoms in total. The number of nitrogens with one attached hydrogen (secondary N) is 3. The van der Waals surface area contributed by atoms with Crippen LogP contribution in [-0.2, 0) is 35.9 Å². The number of primary amides is 1. The maximum absolute atomic E-state index is 14.9. The predicted molar refractivity (Wildman–Crippen MR) is 293 cm³/mol. The average molecular weight is 1230 g/mol. The lowest BCUT2D eigenvalue weighted by atomic mass is 10.0. The molecule has 74 heavy (non-hydrogen) atoms. The van der Waals surface area contributed by atoms with Gasteiger partial charge in [-0.2, -0.15) is 0 Å². The van der Waals surface area contributed by atoms with Gasteiger partial charge in [0.2, 0.25) is 0 Å². The van der Waals surface area contributed by atoms with Crippen LogP contribution in [0.2, 0.25) is 0 Å². The first-order chi connectivity index (χ1) is 35.2. The predicted octanol–water partition coefficient (Wildman–Crippen LogP) is 10.4. The Kier molecular flexibility index (Phi) is 17.3. The van der Waals surface area contributed by atoms with Crippen LogP contribution in [-0.4, -0.2) is 47.1 Å². The average Bonchev–Trinajstić information content (AvgIpc) is 3.81. The number of carbonyl (C=O) groups is 3. The summed E-state index contributed by atoms with van der Waals surface area (Å²) in [5.41, 5.74) is 7.98. The standard InChI is InChI=1S/C32H31FIN3O6.C22H19FIN3O4/c1-19-23(32(2)41-14-15-42-32)6-5-7-26(19)43-27-17-28(38)37(3)30(36-25-13-10-21(34)16-24(25)33)29(27)31(39)35-18-20-8-11-22(40-4)12-9-20;1-11-14(12(2)28)5-4-6-17(11)31-18-10-19(29)27(3)22(20(18)21(25)30)26-16-8-7-13(24)9-15(16)23/h5-13,16-17,36H,14-15,18H2,1-4H3,(H,35,39);4-10,26H,1-3H3,(H2,25,30). The fourth-order valence-electron chi connectivity index (χ4n) is 7.94. The summed E-state index contributed by atoms with van der Waals surface area (Å²) in [4.78, 5) is 63.8. The van der Waals surface area contributed by atoms with Gasteiger partial charge in [-0.15, -0.1) is 0 Å². The number of hydrogen-bond donors (Lipinski definition) is 4. The Labute approximate surface area is 451 Å². The van der Waals surface area contributed by atoms with Crippen molar-refractivity contribution in [3.8, 4) is 28.7 Å². The molecule has 5 N–H and O–H groups in total. The number of hydrogen-bond acceptors (Lipinski definition) is 12. The van der Waals surface area contributed by atoms with Crippen molar-refractivity contribution >= 4 is 85.8 Å². The third-order valence-electron chi connectivity index (χ3n) is 12.0. The molecule has 5 aromatic carbocycles. The van der Waals surface area contributed by atoms with E-state index in [0.29, 0.717) is 43.0 Å². The number of amides is 2. The maximum Gasteiger partial charge on any atom is 0.259 e. The highest BCUT2D eigenvalue weighted by atomic mass is 127. The normalized spacial score (nSPS) is 12.5. The number of ether oxygens (including phenoxy) is 5. The molecule has 1 saturated heterocycles. The minimum absolute atomic E-state index is 0.00223. The molecular weight excluding hydrogens is 1180 g/mol. The number of nitrogens with two attached hydrogens (primary N) is 1. The minimum atomic E-state index is -0.954. The molecule has 0 radical (unpaired) electrons. The van der Waals surface area contributed by atoms with Crippen LogP contribution in [0.5, 0.6) is 28.7 Å². The molecule has 0 bridgehead atoms. The molecule has 1 fully saturated rings. The summed E-state index contributed by atoms with van der Waals surface area (Å²) in [5.74, 6) is -2.29. The number of anilines is 4. The monoisotopic (exact) mass is 1230 g/mol. The molecule has 7 aromatic rings. The Morgan fingerprint density at radius 2 is 1.20 bits per heavy atom. The fourth-order valence-corrected chi connectivity index (χ4v) is 8.85. The van der Waals surface area contributed by atoms with Crippen LogP contribution in [0.4, 0.5) is 31.8 Å². The van der Waals surface area contributed by atoms with Crippen LogP contribution in [0.25, 0.3) is 0 Å². The van der Waals surface area contributed by atoms with Crippen molar-refractivity contribution in [2.45, 2.75) is 40.0 Å². The Morgan fingerprint density at radius 1 is 0.703 bits per heavy atom. The van der Waals surface area contributed by atoms with Gasteiger partial charge in [-0.25, -0.2) is 8.78 Å². The van der Waals surface area contributed by atoms with Crippen LogP contribution in [0.15, 0.2) is 119 Å². The number of methoxy groups -OCH3 is 1.